The molecule has 2 aromatic carbocycles. The van der Waals surface area contributed by atoms with Crippen LogP contribution in [0.4, 0.5) is 10.1 Å². The van der Waals surface area contributed by atoms with Gasteiger partial charge in [0.1, 0.15) is 5.82 Å². The van der Waals surface area contributed by atoms with Crippen LogP contribution >= 0.6 is 0 Å². The Labute approximate surface area is 150 Å². The number of anilines is 1. The van der Waals surface area contributed by atoms with Gasteiger partial charge in [0.25, 0.3) is 5.91 Å². The Bertz CT molecular complexity index is 776. The Morgan fingerprint density at radius 2 is 1.81 bits per heavy atom. The fraction of sp³-hybridized carbons (Fsp3) is 0.263. The lowest BCUT2D eigenvalue weighted by Crippen LogP contribution is -2.30. The Morgan fingerprint density at radius 3 is 2.42 bits per heavy atom. The van der Waals surface area contributed by atoms with Gasteiger partial charge < -0.3 is 19.5 Å². The summed E-state index contributed by atoms with van der Waals surface area (Å²) in [6.07, 6.45) is -1.04. The van der Waals surface area contributed by atoms with Crippen LogP contribution in [0.25, 0.3) is 0 Å². The minimum absolute atomic E-state index is 0.232. The number of ether oxygens (including phenoxy) is 3. The van der Waals surface area contributed by atoms with Crippen molar-refractivity contribution in [2.75, 3.05) is 19.0 Å². The topological polar surface area (TPSA) is 73.9 Å². The van der Waals surface area contributed by atoms with Crippen LogP contribution in [0.1, 0.15) is 24.2 Å². The van der Waals surface area contributed by atoms with Gasteiger partial charge in [-0.1, -0.05) is 0 Å². The molecular weight excluding hydrogens is 341 g/mol. The first-order valence-corrected chi connectivity index (χ1v) is 8.02. The Morgan fingerprint density at radius 1 is 1.12 bits per heavy atom. The van der Waals surface area contributed by atoms with E-state index in [4.69, 9.17) is 14.2 Å². The lowest BCUT2D eigenvalue weighted by Gasteiger charge is -2.15. The average Bonchev–Trinajstić information content (AvgIpc) is 2.63. The zero-order valence-electron chi connectivity index (χ0n) is 14.7. The summed E-state index contributed by atoms with van der Waals surface area (Å²) in [5.74, 6) is -0.704. The van der Waals surface area contributed by atoms with E-state index in [2.05, 4.69) is 5.32 Å². The molecule has 138 valence electrons. The highest BCUT2D eigenvalue weighted by atomic mass is 19.1. The third-order valence-corrected chi connectivity index (χ3v) is 3.46. The highest BCUT2D eigenvalue weighted by Crippen LogP contribution is 2.28. The number of hydrogen-bond donors (Lipinski definition) is 1. The smallest absolute Gasteiger partial charge is 0.339 e. The maximum atomic E-state index is 12.9. The second kappa shape index (κ2) is 8.84. The number of methoxy groups -OCH3 is 1. The number of amides is 1. The van der Waals surface area contributed by atoms with Gasteiger partial charge in [0.15, 0.2) is 17.6 Å². The Hall–Kier alpha value is -3.09. The molecule has 0 bridgehead atoms. The third kappa shape index (κ3) is 4.95. The number of halogens is 1. The number of esters is 1. The molecule has 7 heteroatoms. The summed E-state index contributed by atoms with van der Waals surface area (Å²) >= 11 is 0. The van der Waals surface area contributed by atoms with Gasteiger partial charge in [-0.05, 0) is 56.3 Å². The molecule has 1 atom stereocenters. The molecule has 0 aliphatic heterocycles. The van der Waals surface area contributed by atoms with Crippen molar-refractivity contribution in [3.05, 3.63) is 53.8 Å². The van der Waals surface area contributed by atoms with Crippen molar-refractivity contribution in [3.8, 4) is 11.5 Å². The number of rotatable bonds is 7. The summed E-state index contributed by atoms with van der Waals surface area (Å²) in [5, 5.41) is 2.55. The van der Waals surface area contributed by atoms with Crippen molar-refractivity contribution in [1.82, 2.24) is 0 Å². The molecule has 2 rings (SSSR count). The van der Waals surface area contributed by atoms with Gasteiger partial charge in [0.05, 0.1) is 19.3 Å². The normalized spacial score (nSPS) is 11.4. The molecule has 0 spiro atoms. The number of nitrogens with one attached hydrogen (secondary N) is 1. The molecule has 2 aromatic rings. The molecule has 0 heterocycles. The average molecular weight is 361 g/mol. The van der Waals surface area contributed by atoms with Gasteiger partial charge in [-0.3, -0.25) is 4.79 Å². The molecule has 0 saturated heterocycles. The highest BCUT2D eigenvalue weighted by molar-refractivity contribution is 5.97. The highest BCUT2D eigenvalue weighted by Gasteiger charge is 2.20. The van der Waals surface area contributed by atoms with Gasteiger partial charge in [-0.15, -0.1) is 0 Å². The lowest BCUT2D eigenvalue weighted by molar-refractivity contribution is -0.123. The SMILES string of the molecule is CCOc1cc(C(=O)O[C@H](C)C(=O)Nc2ccc(F)cc2)ccc1OC. The molecule has 0 unspecified atom stereocenters. The van der Waals surface area contributed by atoms with E-state index in [1.54, 1.807) is 6.07 Å². The Balaban J connectivity index is 2.02. The summed E-state index contributed by atoms with van der Waals surface area (Å²) < 4.78 is 28.6. The minimum Gasteiger partial charge on any atom is -0.493 e. The van der Waals surface area contributed by atoms with Gasteiger partial charge in [0.2, 0.25) is 0 Å². The number of benzene rings is 2. The van der Waals surface area contributed by atoms with Crippen LogP contribution < -0.4 is 14.8 Å². The van der Waals surface area contributed by atoms with Crippen molar-refractivity contribution in [3.63, 3.8) is 0 Å². The van der Waals surface area contributed by atoms with Crippen LogP contribution in [0.3, 0.4) is 0 Å². The lowest BCUT2D eigenvalue weighted by atomic mass is 10.2. The number of hydrogen-bond acceptors (Lipinski definition) is 5. The van der Waals surface area contributed by atoms with Gasteiger partial charge in [0, 0.05) is 5.69 Å². The van der Waals surface area contributed by atoms with Crippen LogP contribution in [0.2, 0.25) is 0 Å². The van der Waals surface area contributed by atoms with Crippen LogP contribution in [-0.2, 0) is 9.53 Å². The first-order valence-electron chi connectivity index (χ1n) is 8.02. The maximum absolute atomic E-state index is 12.9. The molecule has 0 aliphatic carbocycles. The summed E-state index contributed by atoms with van der Waals surface area (Å²) in [4.78, 5) is 24.4. The first-order chi connectivity index (χ1) is 12.4. The van der Waals surface area contributed by atoms with Crippen LogP contribution in [0.15, 0.2) is 42.5 Å². The van der Waals surface area contributed by atoms with Gasteiger partial charge in [-0.25, -0.2) is 9.18 Å². The second-order valence-electron chi connectivity index (χ2n) is 5.34. The van der Waals surface area contributed by atoms with E-state index in [0.29, 0.717) is 23.8 Å². The van der Waals surface area contributed by atoms with E-state index in [9.17, 15) is 14.0 Å². The largest absolute Gasteiger partial charge is 0.493 e. The standard InChI is InChI=1S/C19H20FNO5/c1-4-25-17-11-13(5-10-16(17)24-3)19(23)26-12(2)18(22)21-15-8-6-14(20)7-9-15/h5-12H,4H2,1-3H3,(H,21,22)/t12-/m1/s1. The Kier molecular flexibility index (Phi) is 6.54. The molecule has 0 aliphatic rings. The third-order valence-electron chi connectivity index (χ3n) is 3.46. The monoisotopic (exact) mass is 361 g/mol. The zero-order valence-corrected chi connectivity index (χ0v) is 14.7. The predicted octanol–water partition coefficient (Wildman–Crippen LogP) is 3.42. The first kappa shape index (κ1) is 19.2. The molecule has 26 heavy (non-hydrogen) atoms. The predicted molar refractivity (Wildman–Crippen MR) is 94.1 cm³/mol. The summed E-state index contributed by atoms with van der Waals surface area (Å²) in [6, 6.07) is 9.88. The van der Waals surface area contributed by atoms with Crippen LogP contribution in [0, 0.1) is 5.82 Å². The van der Waals surface area contributed by atoms with E-state index < -0.39 is 23.8 Å². The molecule has 0 saturated carbocycles. The minimum atomic E-state index is -1.04. The molecular formula is C19H20FNO5. The fourth-order valence-electron chi connectivity index (χ4n) is 2.13. The molecule has 0 radical (unpaired) electrons. The van der Waals surface area contributed by atoms with Crippen molar-refractivity contribution >= 4 is 17.6 Å². The van der Waals surface area contributed by atoms with Crippen LogP contribution in [-0.4, -0.2) is 31.7 Å². The molecule has 1 N–H and O–H groups in total. The maximum Gasteiger partial charge on any atom is 0.339 e. The van der Waals surface area contributed by atoms with E-state index in [1.807, 2.05) is 6.92 Å². The zero-order chi connectivity index (χ0) is 19.1. The number of carbonyl (C=O) groups excluding carboxylic acids is 2. The van der Waals surface area contributed by atoms with Gasteiger partial charge >= 0.3 is 5.97 Å². The van der Waals surface area contributed by atoms with Crippen molar-refractivity contribution < 1.29 is 28.2 Å². The number of carbonyl (C=O) groups is 2. The van der Waals surface area contributed by atoms with E-state index in [-0.39, 0.29) is 5.56 Å². The molecule has 0 aromatic heterocycles. The van der Waals surface area contributed by atoms with E-state index in [1.165, 1.54) is 50.4 Å². The van der Waals surface area contributed by atoms with E-state index in [0.717, 1.165) is 0 Å². The second-order valence-corrected chi connectivity index (χ2v) is 5.34. The van der Waals surface area contributed by atoms with E-state index >= 15 is 0 Å². The molecule has 0 fully saturated rings. The van der Waals surface area contributed by atoms with Crippen molar-refractivity contribution in [1.29, 1.82) is 0 Å². The van der Waals surface area contributed by atoms with Crippen LogP contribution in [0.5, 0.6) is 11.5 Å². The molecule has 1 amide bonds. The summed E-state index contributed by atoms with van der Waals surface area (Å²) in [7, 11) is 1.50. The van der Waals surface area contributed by atoms with Gasteiger partial charge in [-0.2, -0.15) is 0 Å². The summed E-state index contributed by atoms with van der Waals surface area (Å²) in [6.45, 7) is 3.67. The summed E-state index contributed by atoms with van der Waals surface area (Å²) in [5.41, 5.74) is 0.637. The fourth-order valence-corrected chi connectivity index (χ4v) is 2.13. The van der Waals surface area contributed by atoms with Crippen molar-refractivity contribution in [2.45, 2.75) is 20.0 Å². The van der Waals surface area contributed by atoms with Crippen molar-refractivity contribution in [2.24, 2.45) is 0 Å². The quantitative estimate of drug-likeness (QED) is 0.765. The molecule has 6 nitrogen and oxygen atoms in total.